The van der Waals surface area contributed by atoms with E-state index in [0.717, 1.165) is 5.69 Å². The highest BCUT2D eigenvalue weighted by molar-refractivity contribution is 9.12. The van der Waals surface area contributed by atoms with Crippen LogP contribution in [0.25, 0.3) is 0 Å². The van der Waals surface area contributed by atoms with Crippen LogP contribution in [0.15, 0.2) is 30.3 Å². The minimum absolute atomic E-state index is 0.0388. The maximum atomic E-state index is 11.4. The number of halogens is 2. The summed E-state index contributed by atoms with van der Waals surface area (Å²) in [5.41, 5.74) is 0.818. The minimum Gasteiger partial charge on any atom is -0.325 e. The van der Waals surface area contributed by atoms with Gasteiger partial charge in [0.25, 0.3) is 0 Å². The molecule has 1 aromatic carbocycles. The number of anilines is 1. The summed E-state index contributed by atoms with van der Waals surface area (Å²) in [5, 5.41) is 3.38. The molecule has 4 heteroatoms. The van der Waals surface area contributed by atoms with Crippen molar-refractivity contribution in [2.75, 3.05) is 10.6 Å². The third-order valence-corrected chi connectivity index (χ3v) is 3.72. The normalized spacial score (nSPS) is 12.2. The lowest BCUT2D eigenvalue weighted by molar-refractivity contribution is -0.115. The zero-order valence-corrected chi connectivity index (χ0v) is 10.0. The van der Waals surface area contributed by atoms with E-state index < -0.39 is 0 Å². The molecule has 1 N–H and O–H groups in total. The van der Waals surface area contributed by atoms with E-state index in [0.29, 0.717) is 5.33 Å². The maximum Gasteiger partial charge on any atom is 0.239 e. The second-order valence-corrected chi connectivity index (χ2v) is 4.23. The molecule has 1 aromatic rings. The molecule has 0 fully saturated rings. The second kappa shape index (κ2) is 5.40. The standard InChI is InChI=1S/C9H9Br2NO/c10-6-8(11)9(13)12-7-4-2-1-3-5-7/h1-5,8H,6H2,(H,12,13). The van der Waals surface area contributed by atoms with Crippen LogP contribution in [0.2, 0.25) is 0 Å². The van der Waals surface area contributed by atoms with Gasteiger partial charge >= 0.3 is 0 Å². The third kappa shape index (κ3) is 3.48. The Kier molecular flexibility index (Phi) is 4.45. The third-order valence-electron chi connectivity index (χ3n) is 1.46. The predicted octanol–water partition coefficient (Wildman–Crippen LogP) is 2.78. The number of alkyl halides is 2. The summed E-state index contributed by atoms with van der Waals surface area (Å²) in [6.45, 7) is 0. The largest absolute Gasteiger partial charge is 0.325 e. The molecule has 0 bridgehead atoms. The van der Waals surface area contributed by atoms with E-state index in [1.807, 2.05) is 30.3 Å². The number of amides is 1. The molecule has 2 nitrogen and oxygen atoms in total. The van der Waals surface area contributed by atoms with Gasteiger partial charge < -0.3 is 5.32 Å². The molecule has 0 aromatic heterocycles. The lowest BCUT2D eigenvalue weighted by Crippen LogP contribution is -2.23. The molecule has 0 aliphatic carbocycles. The molecule has 0 radical (unpaired) electrons. The van der Waals surface area contributed by atoms with Gasteiger partial charge in [-0.05, 0) is 12.1 Å². The zero-order chi connectivity index (χ0) is 9.68. The van der Waals surface area contributed by atoms with Crippen LogP contribution in [0, 0.1) is 0 Å². The molecule has 1 rings (SSSR count). The van der Waals surface area contributed by atoms with Gasteiger partial charge in [-0.3, -0.25) is 4.79 Å². The molecular weight excluding hydrogens is 298 g/mol. The van der Waals surface area contributed by atoms with Crippen molar-refractivity contribution in [2.24, 2.45) is 0 Å². The molecule has 1 atom stereocenters. The van der Waals surface area contributed by atoms with Gasteiger partial charge in [0.2, 0.25) is 5.91 Å². The van der Waals surface area contributed by atoms with E-state index in [2.05, 4.69) is 37.2 Å². The summed E-state index contributed by atoms with van der Waals surface area (Å²) < 4.78 is 0. The van der Waals surface area contributed by atoms with Crippen molar-refractivity contribution in [1.82, 2.24) is 0 Å². The Morgan fingerprint density at radius 1 is 1.38 bits per heavy atom. The van der Waals surface area contributed by atoms with Gasteiger partial charge in [0.1, 0.15) is 4.83 Å². The summed E-state index contributed by atoms with van der Waals surface area (Å²) in [6, 6.07) is 9.38. The number of nitrogens with one attached hydrogen (secondary N) is 1. The first kappa shape index (κ1) is 10.7. The van der Waals surface area contributed by atoms with Gasteiger partial charge in [-0.15, -0.1) is 0 Å². The summed E-state index contributed by atoms with van der Waals surface area (Å²) in [7, 11) is 0. The zero-order valence-electron chi connectivity index (χ0n) is 6.84. The van der Waals surface area contributed by atoms with E-state index in [9.17, 15) is 4.79 Å². The number of hydrogen-bond donors (Lipinski definition) is 1. The molecule has 0 saturated heterocycles. The number of benzene rings is 1. The van der Waals surface area contributed by atoms with Crippen LogP contribution in [-0.4, -0.2) is 16.1 Å². The van der Waals surface area contributed by atoms with Gasteiger partial charge in [-0.1, -0.05) is 50.1 Å². The molecule has 0 spiro atoms. The fourth-order valence-corrected chi connectivity index (χ4v) is 1.22. The Hall–Kier alpha value is -0.350. The molecule has 70 valence electrons. The number of rotatable bonds is 3. The van der Waals surface area contributed by atoms with Crippen molar-refractivity contribution in [1.29, 1.82) is 0 Å². The molecule has 0 saturated carbocycles. The van der Waals surface area contributed by atoms with Gasteiger partial charge in [-0.2, -0.15) is 0 Å². The van der Waals surface area contributed by atoms with E-state index >= 15 is 0 Å². The Bertz CT molecular complexity index is 276. The van der Waals surface area contributed by atoms with Crippen LogP contribution in [-0.2, 0) is 4.79 Å². The van der Waals surface area contributed by atoms with Crippen molar-refractivity contribution in [3.05, 3.63) is 30.3 Å². The molecule has 1 unspecified atom stereocenters. The number of hydrogen-bond acceptors (Lipinski definition) is 1. The Morgan fingerprint density at radius 3 is 2.54 bits per heavy atom. The van der Waals surface area contributed by atoms with Gasteiger partial charge in [0.15, 0.2) is 0 Å². The minimum atomic E-state index is -0.187. The van der Waals surface area contributed by atoms with E-state index in [1.54, 1.807) is 0 Å². The number of carbonyl (C=O) groups is 1. The first-order valence-corrected chi connectivity index (χ1v) is 5.83. The van der Waals surface area contributed by atoms with Gasteiger partial charge in [0.05, 0.1) is 0 Å². The van der Waals surface area contributed by atoms with Crippen molar-refractivity contribution in [3.8, 4) is 0 Å². The molecule has 0 aliphatic heterocycles. The van der Waals surface area contributed by atoms with Crippen LogP contribution in [0.5, 0.6) is 0 Å². The van der Waals surface area contributed by atoms with Crippen LogP contribution in [0.3, 0.4) is 0 Å². The number of carbonyl (C=O) groups excluding carboxylic acids is 1. The summed E-state index contributed by atoms with van der Waals surface area (Å²) in [4.78, 5) is 11.2. The molecule has 1 amide bonds. The summed E-state index contributed by atoms with van der Waals surface area (Å²) >= 11 is 6.46. The Morgan fingerprint density at radius 2 is 2.00 bits per heavy atom. The smallest absolute Gasteiger partial charge is 0.239 e. The van der Waals surface area contributed by atoms with Crippen molar-refractivity contribution in [3.63, 3.8) is 0 Å². The molecule has 13 heavy (non-hydrogen) atoms. The van der Waals surface area contributed by atoms with Crippen LogP contribution >= 0.6 is 31.9 Å². The summed E-state index contributed by atoms with van der Waals surface area (Å²) in [5.74, 6) is -0.0388. The lowest BCUT2D eigenvalue weighted by Gasteiger charge is -2.07. The monoisotopic (exact) mass is 305 g/mol. The first-order valence-electron chi connectivity index (χ1n) is 3.80. The number of para-hydroxylation sites is 1. The van der Waals surface area contributed by atoms with Crippen molar-refractivity contribution >= 4 is 43.5 Å². The highest BCUT2D eigenvalue weighted by Gasteiger charge is 2.12. The topological polar surface area (TPSA) is 29.1 Å². The second-order valence-electron chi connectivity index (χ2n) is 2.48. The predicted molar refractivity (Wildman–Crippen MR) is 61.6 cm³/mol. The first-order chi connectivity index (χ1) is 6.24. The Labute approximate surface area is 94.0 Å². The van der Waals surface area contributed by atoms with Crippen LogP contribution in [0.1, 0.15) is 0 Å². The molecular formula is C9H9Br2NO. The van der Waals surface area contributed by atoms with Gasteiger partial charge in [0, 0.05) is 11.0 Å². The quantitative estimate of drug-likeness (QED) is 0.855. The van der Waals surface area contributed by atoms with Crippen LogP contribution in [0.4, 0.5) is 5.69 Å². The Balaban J connectivity index is 2.55. The van der Waals surface area contributed by atoms with Crippen LogP contribution < -0.4 is 5.32 Å². The molecule has 0 aliphatic rings. The van der Waals surface area contributed by atoms with Crippen molar-refractivity contribution < 1.29 is 4.79 Å². The highest BCUT2D eigenvalue weighted by atomic mass is 79.9. The lowest BCUT2D eigenvalue weighted by atomic mass is 10.3. The highest BCUT2D eigenvalue weighted by Crippen LogP contribution is 2.09. The van der Waals surface area contributed by atoms with E-state index in [-0.39, 0.29) is 10.7 Å². The van der Waals surface area contributed by atoms with E-state index in [4.69, 9.17) is 0 Å². The summed E-state index contributed by atoms with van der Waals surface area (Å²) in [6.07, 6.45) is 0. The fourth-order valence-electron chi connectivity index (χ4n) is 0.812. The SMILES string of the molecule is O=C(Nc1ccccc1)C(Br)CBr. The maximum absolute atomic E-state index is 11.4. The average Bonchev–Trinajstić information content (AvgIpc) is 2.18. The fraction of sp³-hybridized carbons (Fsp3) is 0.222. The molecule has 0 heterocycles. The van der Waals surface area contributed by atoms with Gasteiger partial charge in [-0.25, -0.2) is 0 Å². The van der Waals surface area contributed by atoms with Crippen molar-refractivity contribution in [2.45, 2.75) is 4.83 Å². The average molecular weight is 307 g/mol. The van der Waals surface area contributed by atoms with E-state index in [1.165, 1.54) is 0 Å².